The van der Waals surface area contributed by atoms with E-state index in [0.29, 0.717) is 5.92 Å². The van der Waals surface area contributed by atoms with E-state index in [1.807, 2.05) is 0 Å². The van der Waals surface area contributed by atoms with Gasteiger partial charge in [0.1, 0.15) is 0 Å². The number of rotatable bonds is 4. The molecule has 0 aromatic rings. The zero-order chi connectivity index (χ0) is 11.5. The number of nitrogens with one attached hydrogen (secondary N) is 1. The standard InChI is InChI=1S/C12H25NO2/c1-9(2)7-13-12(8-14)5-10(3)15-11(4)6-12/h9-11,13-14H,5-8H2,1-4H3. The molecule has 2 atom stereocenters. The van der Waals surface area contributed by atoms with Gasteiger partial charge in [-0.15, -0.1) is 0 Å². The SMILES string of the molecule is CC(C)CNC1(CO)CC(C)OC(C)C1. The summed E-state index contributed by atoms with van der Waals surface area (Å²) in [5.41, 5.74) is -0.124. The lowest BCUT2D eigenvalue weighted by Gasteiger charge is -2.43. The zero-order valence-electron chi connectivity index (χ0n) is 10.4. The van der Waals surface area contributed by atoms with Crippen LogP contribution in [0.3, 0.4) is 0 Å². The molecular formula is C12H25NO2. The third kappa shape index (κ3) is 3.74. The number of hydrogen-bond acceptors (Lipinski definition) is 3. The molecule has 1 fully saturated rings. The third-order valence-electron chi connectivity index (χ3n) is 3.01. The van der Waals surface area contributed by atoms with Crippen molar-refractivity contribution in [1.82, 2.24) is 5.32 Å². The van der Waals surface area contributed by atoms with Gasteiger partial charge in [0.25, 0.3) is 0 Å². The van der Waals surface area contributed by atoms with E-state index in [-0.39, 0.29) is 24.4 Å². The highest BCUT2D eigenvalue weighted by Crippen LogP contribution is 2.28. The minimum atomic E-state index is -0.124. The van der Waals surface area contributed by atoms with Gasteiger partial charge in [0.05, 0.1) is 18.8 Å². The van der Waals surface area contributed by atoms with Gasteiger partial charge in [-0.2, -0.15) is 0 Å². The molecule has 0 spiro atoms. The van der Waals surface area contributed by atoms with Crippen LogP contribution in [0, 0.1) is 5.92 Å². The Morgan fingerprint density at radius 2 is 1.87 bits per heavy atom. The van der Waals surface area contributed by atoms with Gasteiger partial charge >= 0.3 is 0 Å². The van der Waals surface area contributed by atoms with Crippen LogP contribution in [-0.2, 0) is 4.74 Å². The first-order chi connectivity index (χ1) is 6.97. The van der Waals surface area contributed by atoms with Crippen LogP contribution in [0.5, 0.6) is 0 Å². The molecule has 0 bridgehead atoms. The van der Waals surface area contributed by atoms with Crippen molar-refractivity contribution in [3.8, 4) is 0 Å². The van der Waals surface area contributed by atoms with Crippen molar-refractivity contribution in [2.45, 2.75) is 58.3 Å². The Morgan fingerprint density at radius 1 is 1.33 bits per heavy atom. The van der Waals surface area contributed by atoms with Gasteiger partial charge in [0.2, 0.25) is 0 Å². The zero-order valence-corrected chi connectivity index (χ0v) is 10.4. The van der Waals surface area contributed by atoms with E-state index in [2.05, 4.69) is 33.0 Å². The van der Waals surface area contributed by atoms with E-state index < -0.39 is 0 Å². The molecule has 3 heteroatoms. The van der Waals surface area contributed by atoms with Crippen molar-refractivity contribution in [2.75, 3.05) is 13.2 Å². The first kappa shape index (κ1) is 12.9. The summed E-state index contributed by atoms with van der Waals surface area (Å²) >= 11 is 0. The molecule has 2 N–H and O–H groups in total. The molecule has 1 heterocycles. The van der Waals surface area contributed by atoms with Crippen LogP contribution in [-0.4, -0.2) is 36.0 Å². The lowest BCUT2D eigenvalue weighted by Crippen LogP contribution is -2.56. The van der Waals surface area contributed by atoms with Crippen molar-refractivity contribution in [1.29, 1.82) is 0 Å². The summed E-state index contributed by atoms with van der Waals surface area (Å²) in [7, 11) is 0. The van der Waals surface area contributed by atoms with Crippen LogP contribution in [0.4, 0.5) is 0 Å². The molecule has 1 rings (SSSR count). The molecule has 0 saturated carbocycles. The van der Waals surface area contributed by atoms with Crippen molar-refractivity contribution >= 4 is 0 Å². The van der Waals surface area contributed by atoms with Crippen molar-refractivity contribution < 1.29 is 9.84 Å². The summed E-state index contributed by atoms with van der Waals surface area (Å²) in [6, 6.07) is 0. The van der Waals surface area contributed by atoms with Gasteiger partial charge in [-0.3, -0.25) is 0 Å². The van der Waals surface area contributed by atoms with E-state index in [9.17, 15) is 5.11 Å². The highest BCUT2D eigenvalue weighted by molar-refractivity contribution is 4.94. The molecule has 0 radical (unpaired) electrons. The predicted octanol–water partition coefficient (Wildman–Crippen LogP) is 1.55. The van der Waals surface area contributed by atoms with Crippen LogP contribution >= 0.6 is 0 Å². The molecule has 1 aliphatic heterocycles. The maximum Gasteiger partial charge on any atom is 0.0615 e. The van der Waals surface area contributed by atoms with E-state index >= 15 is 0 Å². The number of ether oxygens (including phenoxy) is 1. The minimum Gasteiger partial charge on any atom is -0.394 e. The molecular weight excluding hydrogens is 190 g/mol. The Labute approximate surface area is 93.2 Å². The summed E-state index contributed by atoms with van der Waals surface area (Å²) in [6.45, 7) is 9.69. The second-order valence-corrected chi connectivity index (χ2v) is 5.38. The first-order valence-corrected chi connectivity index (χ1v) is 5.99. The van der Waals surface area contributed by atoms with Crippen LogP contribution in [0.25, 0.3) is 0 Å². The van der Waals surface area contributed by atoms with Gasteiger partial charge in [-0.05, 0) is 39.2 Å². The Hall–Kier alpha value is -0.120. The van der Waals surface area contributed by atoms with Crippen LogP contribution in [0.15, 0.2) is 0 Å². The molecule has 0 amide bonds. The number of aliphatic hydroxyl groups is 1. The maximum atomic E-state index is 9.57. The van der Waals surface area contributed by atoms with Gasteiger partial charge in [0.15, 0.2) is 0 Å². The Balaban J connectivity index is 2.57. The Morgan fingerprint density at radius 3 is 2.27 bits per heavy atom. The number of hydrogen-bond donors (Lipinski definition) is 2. The molecule has 90 valence electrons. The highest BCUT2D eigenvalue weighted by atomic mass is 16.5. The normalized spacial score (nSPS) is 37.2. The molecule has 1 saturated heterocycles. The Bertz CT molecular complexity index is 184. The number of aliphatic hydroxyl groups excluding tert-OH is 1. The fraction of sp³-hybridized carbons (Fsp3) is 1.00. The first-order valence-electron chi connectivity index (χ1n) is 5.99. The fourth-order valence-electron chi connectivity index (χ4n) is 2.43. The summed E-state index contributed by atoms with van der Waals surface area (Å²) in [5.74, 6) is 0.613. The topological polar surface area (TPSA) is 41.5 Å². The predicted molar refractivity (Wildman–Crippen MR) is 61.9 cm³/mol. The average Bonchev–Trinajstić information content (AvgIpc) is 2.13. The maximum absolute atomic E-state index is 9.57. The molecule has 0 aromatic carbocycles. The molecule has 3 nitrogen and oxygen atoms in total. The quantitative estimate of drug-likeness (QED) is 0.747. The molecule has 15 heavy (non-hydrogen) atoms. The molecule has 1 aliphatic rings. The van der Waals surface area contributed by atoms with E-state index in [4.69, 9.17) is 4.74 Å². The summed E-state index contributed by atoms with van der Waals surface area (Å²) in [4.78, 5) is 0. The summed E-state index contributed by atoms with van der Waals surface area (Å²) in [5, 5.41) is 13.1. The fourth-order valence-corrected chi connectivity index (χ4v) is 2.43. The molecule has 0 aromatic heterocycles. The van der Waals surface area contributed by atoms with Crippen molar-refractivity contribution in [3.63, 3.8) is 0 Å². The van der Waals surface area contributed by atoms with Crippen LogP contribution < -0.4 is 5.32 Å². The van der Waals surface area contributed by atoms with E-state index in [1.165, 1.54) is 0 Å². The van der Waals surface area contributed by atoms with E-state index in [1.54, 1.807) is 0 Å². The largest absolute Gasteiger partial charge is 0.394 e. The van der Waals surface area contributed by atoms with Gasteiger partial charge < -0.3 is 15.2 Å². The minimum absolute atomic E-state index is 0.124. The second kappa shape index (κ2) is 5.28. The van der Waals surface area contributed by atoms with Crippen LogP contribution in [0.2, 0.25) is 0 Å². The lowest BCUT2D eigenvalue weighted by atomic mass is 9.84. The van der Waals surface area contributed by atoms with E-state index in [0.717, 1.165) is 19.4 Å². The second-order valence-electron chi connectivity index (χ2n) is 5.38. The van der Waals surface area contributed by atoms with Crippen molar-refractivity contribution in [2.24, 2.45) is 5.92 Å². The monoisotopic (exact) mass is 215 g/mol. The molecule has 0 aliphatic carbocycles. The van der Waals surface area contributed by atoms with Crippen LogP contribution in [0.1, 0.15) is 40.5 Å². The van der Waals surface area contributed by atoms with Gasteiger partial charge in [-0.25, -0.2) is 0 Å². The summed E-state index contributed by atoms with van der Waals surface area (Å²) < 4.78 is 5.70. The van der Waals surface area contributed by atoms with Crippen molar-refractivity contribution in [3.05, 3.63) is 0 Å². The summed E-state index contributed by atoms with van der Waals surface area (Å²) in [6.07, 6.45) is 2.28. The highest BCUT2D eigenvalue weighted by Gasteiger charge is 2.37. The van der Waals surface area contributed by atoms with Gasteiger partial charge in [0, 0.05) is 5.54 Å². The third-order valence-corrected chi connectivity index (χ3v) is 3.01. The molecule has 2 unspecified atom stereocenters. The average molecular weight is 215 g/mol. The van der Waals surface area contributed by atoms with Gasteiger partial charge in [-0.1, -0.05) is 13.8 Å². The smallest absolute Gasteiger partial charge is 0.0615 e. The lowest BCUT2D eigenvalue weighted by molar-refractivity contribution is -0.0816. The Kier molecular flexibility index (Phi) is 4.56.